The minimum atomic E-state index is 0.724. The number of fused-ring (bicyclic) bond motifs is 1. The predicted molar refractivity (Wildman–Crippen MR) is 110 cm³/mol. The first-order valence-corrected chi connectivity index (χ1v) is 8.71. The first kappa shape index (κ1) is 15.6. The smallest absolute Gasteiger partial charge is 0.105 e. The summed E-state index contributed by atoms with van der Waals surface area (Å²) in [6.07, 6.45) is 2.05. The van der Waals surface area contributed by atoms with Crippen molar-refractivity contribution in [3.8, 4) is 0 Å². The second kappa shape index (κ2) is 6.91. The summed E-state index contributed by atoms with van der Waals surface area (Å²) in [5, 5.41) is 3.35. The van der Waals surface area contributed by atoms with Crippen LogP contribution in [0.25, 0.3) is 5.70 Å². The molecule has 122 valence electrons. The zero-order valence-corrected chi connectivity index (χ0v) is 14.5. The average Bonchev–Trinajstić information content (AvgIpc) is 2.80. The summed E-state index contributed by atoms with van der Waals surface area (Å²) >= 11 is 5.55. The van der Waals surface area contributed by atoms with Gasteiger partial charge in [0.25, 0.3) is 0 Å². The molecule has 4 rings (SSSR count). The SMILES string of the molecule is S=C1C=C(c2ccccc2)N(Cc2ccccc2)c2ccccc2N1. The van der Waals surface area contributed by atoms with Gasteiger partial charge < -0.3 is 10.2 Å². The van der Waals surface area contributed by atoms with Crippen LogP contribution in [-0.4, -0.2) is 4.99 Å². The molecule has 1 heterocycles. The fourth-order valence-corrected chi connectivity index (χ4v) is 3.32. The van der Waals surface area contributed by atoms with Gasteiger partial charge >= 0.3 is 0 Å². The number of thiocarbonyl (C=S) groups is 1. The molecule has 0 atom stereocenters. The van der Waals surface area contributed by atoms with Crippen molar-refractivity contribution in [1.82, 2.24) is 0 Å². The fraction of sp³-hybridized carbons (Fsp3) is 0.0455. The summed E-state index contributed by atoms with van der Waals surface area (Å²) in [5.74, 6) is 0. The molecule has 0 amide bonds. The molecule has 0 aliphatic carbocycles. The van der Waals surface area contributed by atoms with Gasteiger partial charge in [-0.15, -0.1) is 0 Å². The van der Waals surface area contributed by atoms with Crippen LogP contribution in [0, 0.1) is 0 Å². The molecule has 0 aromatic heterocycles. The number of nitrogens with one attached hydrogen (secondary N) is 1. The van der Waals surface area contributed by atoms with Gasteiger partial charge in [0.15, 0.2) is 0 Å². The van der Waals surface area contributed by atoms with Crippen LogP contribution in [0.15, 0.2) is 91.0 Å². The van der Waals surface area contributed by atoms with E-state index < -0.39 is 0 Å². The third-order valence-electron chi connectivity index (χ3n) is 4.26. The van der Waals surface area contributed by atoms with E-state index in [4.69, 9.17) is 12.2 Å². The molecule has 2 nitrogen and oxygen atoms in total. The summed E-state index contributed by atoms with van der Waals surface area (Å²) in [7, 11) is 0. The first-order valence-electron chi connectivity index (χ1n) is 8.30. The Balaban J connectivity index is 1.86. The van der Waals surface area contributed by atoms with Gasteiger partial charge in [-0.2, -0.15) is 0 Å². The van der Waals surface area contributed by atoms with Crippen LogP contribution in [0.3, 0.4) is 0 Å². The molecule has 3 aromatic rings. The second-order valence-electron chi connectivity index (χ2n) is 5.97. The molecule has 0 unspecified atom stereocenters. The topological polar surface area (TPSA) is 15.3 Å². The number of hydrogen-bond acceptors (Lipinski definition) is 2. The van der Waals surface area contributed by atoms with Crippen LogP contribution in [-0.2, 0) is 6.54 Å². The number of para-hydroxylation sites is 2. The lowest BCUT2D eigenvalue weighted by Gasteiger charge is -2.28. The molecule has 0 spiro atoms. The molecule has 1 aliphatic rings. The number of hydrogen-bond donors (Lipinski definition) is 1. The van der Waals surface area contributed by atoms with Crippen LogP contribution in [0.4, 0.5) is 11.4 Å². The van der Waals surface area contributed by atoms with Crippen molar-refractivity contribution in [1.29, 1.82) is 0 Å². The van der Waals surface area contributed by atoms with Crippen molar-refractivity contribution in [3.05, 3.63) is 102 Å². The van der Waals surface area contributed by atoms with E-state index in [1.54, 1.807) is 0 Å². The third kappa shape index (κ3) is 3.32. The highest BCUT2D eigenvalue weighted by molar-refractivity contribution is 7.81. The standard InChI is InChI=1S/C22H18N2S/c25-22-15-21(18-11-5-2-6-12-18)24(16-17-9-3-1-4-10-17)20-14-8-7-13-19(20)23-22/h1-15H,16H2,(H,23,25). The normalized spacial score (nSPS) is 13.5. The molecule has 25 heavy (non-hydrogen) atoms. The zero-order valence-electron chi connectivity index (χ0n) is 13.7. The van der Waals surface area contributed by atoms with Crippen LogP contribution >= 0.6 is 12.2 Å². The highest BCUT2D eigenvalue weighted by Gasteiger charge is 2.21. The minimum Gasteiger partial charge on any atom is -0.345 e. The lowest BCUT2D eigenvalue weighted by molar-refractivity contribution is 0.986. The maximum atomic E-state index is 5.55. The molecule has 0 bridgehead atoms. The Morgan fingerprint density at radius 1 is 0.760 bits per heavy atom. The van der Waals surface area contributed by atoms with Crippen molar-refractivity contribution in [2.45, 2.75) is 6.54 Å². The van der Waals surface area contributed by atoms with Crippen LogP contribution in [0.2, 0.25) is 0 Å². The molecule has 0 saturated carbocycles. The van der Waals surface area contributed by atoms with Crippen molar-refractivity contribution in [3.63, 3.8) is 0 Å². The van der Waals surface area contributed by atoms with E-state index in [-0.39, 0.29) is 0 Å². The van der Waals surface area contributed by atoms with Crippen LogP contribution in [0.5, 0.6) is 0 Å². The van der Waals surface area contributed by atoms with Gasteiger partial charge in [0, 0.05) is 6.54 Å². The molecule has 0 radical (unpaired) electrons. The summed E-state index contributed by atoms with van der Waals surface area (Å²) in [4.78, 5) is 3.05. The quantitative estimate of drug-likeness (QED) is 0.634. The van der Waals surface area contributed by atoms with Crippen LogP contribution in [0.1, 0.15) is 11.1 Å². The first-order chi connectivity index (χ1) is 12.3. The molecule has 1 N–H and O–H groups in total. The Bertz CT molecular complexity index is 917. The Kier molecular flexibility index (Phi) is 4.32. The molecular weight excluding hydrogens is 324 g/mol. The van der Waals surface area contributed by atoms with E-state index in [1.165, 1.54) is 5.56 Å². The molecule has 1 aliphatic heterocycles. The molecule has 3 aromatic carbocycles. The molecular formula is C22H18N2S. The van der Waals surface area contributed by atoms with Crippen molar-refractivity contribution in [2.24, 2.45) is 0 Å². The monoisotopic (exact) mass is 342 g/mol. The summed E-state index contributed by atoms with van der Waals surface area (Å²) in [5.41, 5.74) is 5.67. The fourth-order valence-electron chi connectivity index (χ4n) is 3.10. The van der Waals surface area contributed by atoms with E-state index in [9.17, 15) is 0 Å². The average molecular weight is 342 g/mol. The van der Waals surface area contributed by atoms with E-state index in [1.807, 2.05) is 24.3 Å². The maximum Gasteiger partial charge on any atom is 0.105 e. The largest absolute Gasteiger partial charge is 0.345 e. The Morgan fingerprint density at radius 3 is 2.16 bits per heavy atom. The zero-order chi connectivity index (χ0) is 17.1. The Labute approximate surface area is 153 Å². The highest BCUT2D eigenvalue weighted by Crippen LogP contribution is 2.36. The third-order valence-corrected chi connectivity index (χ3v) is 4.48. The lowest BCUT2D eigenvalue weighted by atomic mass is 10.1. The van der Waals surface area contributed by atoms with E-state index >= 15 is 0 Å². The Morgan fingerprint density at radius 2 is 1.40 bits per heavy atom. The van der Waals surface area contributed by atoms with E-state index in [2.05, 4.69) is 76.9 Å². The van der Waals surface area contributed by atoms with Gasteiger partial charge in [0.05, 0.1) is 17.1 Å². The van der Waals surface area contributed by atoms with Crippen molar-refractivity contribution >= 4 is 34.3 Å². The van der Waals surface area contributed by atoms with Gasteiger partial charge in [-0.05, 0) is 29.3 Å². The lowest BCUT2D eigenvalue weighted by Crippen LogP contribution is -2.21. The summed E-state index contributed by atoms with van der Waals surface area (Å²) < 4.78 is 0. The van der Waals surface area contributed by atoms with Gasteiger partial charge in [-0.1, -0.05) is 85.0 Å². The Hall–Kier alpha value is -2.91. The van der Waals surface area contributed by atoms with Crippen molar-refractivity contribution < 1.29 is 0 Å². The molecule has 0 saturated heterocycles. The predicted octanol–water partition coefficient (Wildman–Crippen LogP) is 5.49. The summed E-state index contributed by atoms with van der Waals surface area (Å²) in [6, 6.07) is 29.2. The number of benzene rings is 3. The highest BCUT2D eigenvalue weighted by atomic mass is 32.1. The molecule has 0 fully saturated rings. The van der Waals surface area contributed by atoms with E-state index in [0.717, 1.165) is 34.2 Å². The van der Waals surface area contributed by atoms with Gasteiger partial charge in [-0.25, -0.2) is 0 Å². The maximum absolute atomic E-state index is 5.55. The van der Waals surface area contributed by atoms with Crippen LogP contribution < -0.4 is 10.2 Å². The summed E-state index contributed by atoms with van der Waals surface area (Å²) in [6.45, 7) is 0.781. The van der Waals surface area contributed by atoms with Crippen molar-refractivity contribution in [2.75, 3.05) is 10.2 Å². The van der Waals surface area contributed by atoms with Gasteiger partial charge in [0.1, 0.15) is 4.99 Å². The second-order valence-corrected chi connectivity index (χ2v) is 6.41. The van der Waals surface area contributed by atoms with E-state index in [0.29, 0.717) is 0 Å². The number of nitrogens with zero attached hydrogens (tertiary/aromatic N) is 1. The molecule has 3 heteroatoms. The minimum absolute atomic E-state index is 0.724. The van der Waals surface area contributed by atoms with Gasteiger partial charge in [-0.3, -0.25) is 0 Å². The number of anilines is 2. The van der Waals surface area contributed by atoms with Gasteiger partial charge in [0.2, 0.25) is 0 Å². The number of rotatable bonds is 3.